The number of hydrogen-bond acceptors (Lipinski definition) is 2. The predicted molar refractivity (Wildman–Crippen MR) is 77.1 cm³/mol. The Bertz CT molecular complexity index is 425. The van der Waals surface area contributed by atoms with E-state index in [9.17, 15) is 5.11 Å². The third-order valence-corrected chi connectivity index (χ3v) is 4.59. The molecule has 18 heavy (non-hydrogen) atoms. The first kappa shape index (κ1) is 13.4. The van der Waals surface area contributed by atoms with E-state index in [4.69, 9.17) is 0 Å². The van der Waals surface area contributed by atoms with Crippen molar-refractivity contribution in [1.29, 1.82) is 0 Å². The summed E-state index contributed by atoms with van der Waals surface area (Å²) in [5.74, 6) is 0.430. The maximum atomic E-state index is 9.46. The molecule has 1 saturated heterocycles. The first-order chi connectivity index (χ1) is 8.45. The van der Waals surface area contributed by atoms with Gasteiger partial charge in [0.25, 0.3) is 0 Å². The minimum Gasteiger partial charge on any atom is -0.396 e. The minimum absolute atomic E-state index is 0.184. The van der Waals surface area contributed by atoms with E-state index in [2.05, 4.69) is 50.8 Å². The molecule has 1 unspecified atom stereocenters. The zero-order chi connectivity index (χ0) is 13.3. The van der Waals surface area contributed by atoms with Gasteiger partial charge in [0.2, 0.25) is 0 Å². The number of benzene rings is 1. The zero-order valence-electron chi connectivity index (χ0n) is 12.0. The third-order valence-electron chi connectivity index (χ3n) is 4.59. The molecule has 1 heterocycles. The second-order valence-corrected chi connectivity index (χ2v) is 6.30. The molecule has 1 aromatic carbocycles. The van der Waals surface area contributed by atoms with E-state index in [1.807, 2.05) is 0 Å². The first-order valence-electron chi connectivity index (χ1n) is 6.88. The summed E-state index contributed by atoms with van der Waals surface area (Å²) in [5.41, 5.74) is 4.29. The van der Waals surface area contributed by atoms with E-state index < -0.39 is 0 Å². The van der Waals surface area contributed by atoms with Gasteiger partial charge in [-0.3, -0.25) is 0 Å². The highest BCUT2D eigenvalue weighted by molar-refractivity contribution is 5.56. The lowest BCUT2D eigenvalue weighted by Gasteiger charge is -2.45. The fourth-order valence-corrected chi connectivity index (χ4v) is 3.02. The van der Waals surface area contributed by atoms with Crippen LogP contribution in [0.5, 0.6) is 0 Å². The van der Waals surface area contributed by atoms with Crippen LogP contribution in [0.4, 0.5) is 5.69 Å². The van der Waals surface area contributed by atoms with Crippen LogP contribution in [0.15, 0.2) is 18.2 Å². The lowest BCUT2D eigenvalue weighted by atomic mass is 9.74. The monoisotopic (exact) mass is 247 g/mol. The van der Waals surface area contributed by atoms with Crippen LogP contribution in [0.2, 0.25) is 0 Å². The van der Waals surface area contributed by atoms with Crippen molar-refractivity contribution < 1.29 is 5.11 Å². The molecule has 0 radical (unpaired) electrons. The van der Waals surface area contributed by atoms with Crippen LogP contribution in [-0.2, 0) is 0 Å². The lowest BCUT2D eigenvalue weighted by molar-refractivity contribution is 0.0972. The number of anilines is 1. The number of nitrogens with zero attached hydrogens (tertiary/aromatic N) is 1. The van der Waals surface area contributed by atoms with Gasteiger partial charge in [0.15, 0.2) is 0 Å². The summed E-state index contributed by atoms with van der Waals surface area (Å²) in [7, 11) is 0. The molecule has 1 aliphatic heterocycles. The topological polar surface area (TPSA) is 23.5 Å². The van der Waals surface area contributed by atoms with Gasteiger partial charge in [0.05, 0.1) is 0 Å². The highest BCUT2D eigenvalue weighted by Crippen LogP contribution is 2.37. The number of hydrogen-bond donors (Lipinski definition) is 1. The molecule has 2 rings (SSSR count). The smallest absolute Gasteiger partial charge is 0.0465 e. The second-order valence-electron chi connectivity index (χ2n) is 6.30. The molecule has 2 nitrogen and oxygen atoms in total. The van der Waals surface area contributed by atoms with Gasteiger partial charge in [0, 0.05) is 25.4 Å². The number of aryl methyl sites for hydroxylation is 1. The summed E-state index contributed by atoms with van der Waals surface area (Å²) in [6.45, 7) is 11.3. The summed E-state index contributed by atoms with van der Waals surface area (Å²) in [6.07, 6.45) is 1.08. The normalized spacial score (nSPS) is 23.2. The van der Waals surface area contributed by atoms with E-state index in [1.165, 1.54) is 16.8 Å². The number of aliphatic hydroxyl groups is 1. The minimum atomic E-state index is 0.184. The number of rotatable bonds is 2. The average Bonchev–Trinajstić information content (AvgIpc) is 2.31. The standard InChI is InChI=1S/C16H25NO/c1-12-6-5-7-15(13(12)2)17-9-8-14(10-18)16(3,4)11-17/h5-7,14,18H,8-11H2,1-4H3. The van der Waals surface area contributed by atoms with Crippen molar-refractivity contribution in [3.05, 3.63) is 29.3 Å². The SMILES string of the molecule is Cc1cccc(N2CCC(CO)C(C)(C)C2)c1C. The Morgan fingerprint density at radius 1 is 1.33 bits per heavy atom. The van der Waals surface area contributed by atoms with Gasteiger partial charge >= 0.3 is 0 Å². The van der Waals surface area contributed by atoms with Crippen LogP contribution in [0.1, 0.15) is 31.4 Å². The average molecular weight is 247 g/mol. The number of piperidine rings is 1. The van der Waals surface area contributed by atoms with Crippen molar-refractivity contribution in [3.8, 4) is 0 Å². The number of aliphatic hydroxyl groups excluding tert-OH is 1. The molecule has 1 aliphatic rings. The zero-order valence-corrected chi connectivity index (χ0v) is 12.0. The summed E-state index contributed by atoms with van der Waals surface area (Å²) < 4.78 is 0. The van der Waals surface area contributed by atoms with Crippen LogP contribution in [0.3, 0.4) is 0 Å². The largest absolute Gasteiger partial charge is 0.396 e. The van der Waals surface area contributed by atoms with E-state index in [0.29, 0.717) is 12.5 Å². The molecule has 0 aromatic heterocycles. The van der Waals surface area contributed by atoms with Crippen LogP contribution in [0, 0.1) is 25.2 Å². The van der Waals surface area contributed by atoms with E-state index in [0.717, 1.165) is 19.5 Å². The van der Waals surface area contributed by atoms with Gasteiger partial charge < -0.3 is 10.0 Å². The van der Waals surface area contributed by atoms with Crippen molar-refractivity contribution in [2.75, 3.05) is 24.6 Å². The van der Waals surface area contributed by atoms with E-state index in [1.54, 1.807) is 0 Å². The summed E-state index contributed by atoms with van der Waals surface area (Å²) in [4.78, 5) is 2.48. The molecule has 0 aliphatic carbocycles. The molecule has 1 aromatic rings. The van der Waals surface area contributed by atoms with Crippen LogP contribution < -0.4 is 4.90 Å². The van der Waals surface area contributed by atoms with Gasteiger partial charge in [-0.25, -0.2) is 0 Å². The van der Waals surface area contributed by atoms with Gasteiger partial charge in [0.1, 0.15) is 0 Å². The quantitative estimate of drug-likeness (QED) is 0.868. The molecule has 1 N–H and O–H groups in total. The summed E-state index contributed by atoms with van der Waals surface area (Å²) >= 11 is 0. The Morgan fingerprint density at radius 3 is 2.67 bits per heavy atom. The van der Waals surface area contributed by atoms with Crippen molar-refractivity contribution in [2.24, 2.45) is 11.3 Å². The Balaban J connectivity index is 2.24. The van der Waals surface area contributed by atoms with Gasteiger partial charge in [-0.05, 0) is 48.8 Å². The third kappa shape index (κ3) is 2.39. The van der Waals surface area contributed by atoms with Crippen LogP contribution >= 0.6 is 0 Å². The maximum absolute atomic E-state index is 9.46. The predicted octanol–water partition coefficient (Wildman–Crippen LogP) is 3.15. The van der Waals surface area contributed by atoms with Gasteiger partial charge in [-0.2, -0.15) is 0 Å². The summed E-state index contributed by atoms with van der Waals surface area (Å²) in [6, 6.07) is 6.53. The van der Waals surface area contributed by atoms with Crippen LogP contribution in [0.25, 0.3) is 0 Å². The van der Waals surface area contributed by atoms with E-state index in [-0.39, 0.29) is 5.41 Å². The Hall–Kier alpha value is -1.02. The molecule has 2 heteroatoms. The fourth-order valence-electron chi connectivity index (χ4n) is 3.02. The highest BCUT2D eigenvalue weighted by Gasteiger charge is 2.35. The van der Waals surface area contributed by atoms with Crippen LogP contribution in [-0.4, -0.2) is 24.8 Å². The Kier molecular flexibility index (Phi) is 3.67. The lowest BCUT2D eigenvalue weighted by Crippen LogP contribution is -2.47. The Morgan fingerprint density at radius 2 is 2.06 bits per heavy atom. The fraction of sp³-hybridized carbons (Fsp3) is 0.625. The molecule has 1 atom stereocenters. The molecule has 0 spiro atoms. The van der Waals surface area contributed by atoms with Crippen molar-refractivity contribution >= 4 is 5.69 Å². The van der Waals surface area contributed by atoms with Gasteiger partial charge in [-0.15, -0.1) is 0 Å². The summed E-state index contributed by atoms with van der Waals surface area (Å²) in [5, 5.41) is 9.46. The van der Waals surface area contributed by atoms with E-state index >= 15 is 0 Å². The molecule has 100 valence electrons. The van der Waals surface area contributed by atoms with Crippen molar-refractivity contribution in [1.82, 2.24) is 0 Å². The molecular formula is C16H25NO. The maximum Gasteiger partial charge on any atom is 0.0465 e. The molecule has 0 bridgehead atoms. The highest BCUT2D eigenvalue weighted by atomic mass is 16.3. The molecule has 0 saturated carbocycles. The molecule has 0 amide bonds. The second kappa shape index (κ2) is 4.93. The van der Waals surface area contributed by atoms with Gasteiger partial charge in [-0.1, -0.05) is 26.0 Å². The Labute approximate surface area is 111 Å². The van der Waals surface area contributed by atoms with Crippen molar-refractivity contribution in [2.45, 2.75) is 34.1 Å². The van der Waals surface area contributed by atoms with Crippen molar-refractivity contribution in [3.63, 3.8) is 0 Å². The molecular weight excluding hydrogens is 222 g/mol. The first-order valence-corrected chi connectivity index (χ1v) is 6.88. The molecule has 1 fully saturated rings.